The zero-order chi connectivity index (χ0) is 14.2. The highest BCUT2D eigenvalue weighted by Gasteiger charge is 2.39. The number of piperidine rings is 1. The molecule has 0 aliphatic carbocycles. The second kappa shape index (κ2) is 5.15. The van der Waals surface area contributed by atoms with E-state index in [2.05, 4.69) is 41.2 Å². The summed E-state index contributed by atoms with van der Waals surface area (Å²) < 4.78 is 0. The molecule has 0 radical (unpaired) electrons. The van der Waals surface area contributed by atoms with E-state index in [4.69, 9.17) is 0 Å². The predicted molar refractivity (Wildman–Crippen MR) is 81.7 cm³/mol. The molecular weight excluding hydrogens is 248 g/mol. The lowest BCUT2D eigenvalue weighted by Crippen LogP contribution is -2.38. The van der Waals surface area contributed by atoms with Crippen LogP contribution in [0.2, 0.25) is 0 Å². The molecule has 2 aliphatic heterocycles. The fraction of sp³-hybridized carbons (Fsp3) is 0.812. The van der Waals surface area contributed by atoms with Crippen LogP contribution in [-0.2, 0) is 12.0 Å². The third-order valence-electron chi connectivity index (χ3n) is 5.04. The molecule has 0 unspecified atom stereocenters. The summed E-state index contributed by atoms with van der Waals surface area (Å²) in [6.07, 6.45) is 6.09. The van der Waals surface area contributed by atoms with Crippen LogP contribution in [0.4, 0.5) is 0 Å². The van der Waals surface area contributed by atoms with Gasteiger partial charge < -0.3 is 5.32 Å². The van der Waals surface area contributed by atoms with Gasteiger partial charge in [0, 0.05) is 29.8 Å². The Morgan fingerprint density at radius 2 is 2.00 bits per heavy atom. The molecule has 0 bridgehead atoms. The first-order valence-electron chi connectivity index (χ1n) is 7.94. The third-order valence-corrected chi connectivity index (χ3v) is 5.04. The average Bonchev–Trinajstić information content (AvgIpc) is 2.98. The van der Waals surface area contributed by atoms with E-state index < -0.39 is 0 Å². The lowest BCUT2D eigenvalue weighted by Gasteiger charge is -2.34. The van der Waals surface area contributed by atoms with Crippen LogP contribution in [0.25, 0.3) is 0 Å². The molecule has 3 heterocycles. The second-order valence-corrected chi connectivity index (χ2v) is 7.73. The SMILES string of the molecule is CC(C)(C)c1[nH]ncc1CN1CCC2(CCNCC2)C1. The number of hydrogen-bond donors (Lipinski definition) is 2. The van der Waals surface area contributed by atoms with E-state index >= 15 is 0 Å². The van der Waals surface area contributed by atoms with Crippen molar-refractivity contribution < 1.29 is 0 Å². The molecule has 2 N–H and O–H groups in total. The molecule has 0 atom stereocenters. The molecule has 2 saturated heterocycles. The molecule has 0 amide bonds. The molecular formula is C16H28N4. The van der Waals surface area contributed by atoms with Crippen molar-refractivity contribution in [2.24, 2.45) is 5.41 Å². The van der Waals surface area contributed by atoms with E-state index in [-0.39, 0.29) is 5.41 Å². The number of H-pyrrole nitrogens is 1. The smallest absolute Gasteiger partial charge is 0.0535 e. The summed E-state index contributed by atoms with van der Waals surface area (Å²) in [5.74, 6) is 0. The largest absolute Gasteiger partial charge is 0.317 e. The van der Waals surface area contributed by atoms with E-state index in [1.165, 1.54) is 56.7 Å². The van der Waals surface area contributed by atoms with Crippen molar-refractivity contribution in [2.75, 3.05) is 26.2 Å². The normalized spacial score (nSPS) is 23.6. The number of aromatic nitrogens is 2. The van der Waals surface area contributed by atoms with Crippen LogP contribution in [0.15, 0.2) is 6.20 Å². The number of aromatic amines is 1. The van der Waals surface area contributed by atoms with Gasteiger partial charge in [0.1, 0.15) is 0 Å². The quantitative estimate of drug-likeness (QED) is 0.871. The lowest BCUT2D eigenvalue weighted by atomic mass is 9.78. The van der Waals surface area contributed by atoms with E-state index in [9.17, 15) is 0 Å². The van der Waals surface area contributed by atoms with Crippen molar-refractivity contribution in [1.29, 1.82) is 0 Å². The highest BCUT2D eigenvalue weighted by atomic mass is 15.2. The van der Waals surface area contributed by atoms with Crippen molar-refractivity contribution in [3.05, 3.63) is 17.5 Å². The zero-order valence-electron chi connectivity index (χ0n) is 13.1. The molecule has 3 rings (SSSR count). The van der Waals surface area contributed by atoms with Gasteiger partial charge >= 0.3 is 0 Å². The van der Waals surface area contributed by atoms with Crippen molar-refractivity contribution in [3.8, 4) is 0 Å². The zero-order valence-corrected chi connectivity index (χ0v) is 13.1. The van der Waals surface area contributed by atoms with Gasteiger partial charge in [-0.1, -0.05) is 20.8 Å². The first-order chi connectivity index (χ1) is 9.49. The Labute approximate surface area is 122 Å². The number of nitrogens with zero attached hydrogens (tertiary/aromatic N) is 2. The van der Waals surface area contributed by atoms with Gasteiger partial charge in [0.2, 0.25) is 0 Å². The molecule has 4 nitrogen and oxygen atoms in total. The van der Waals surface area contributed by atoms with Gasteiger partial charge in [-0.05, 0) is 44.3 Å². The van der Waals surface area contributed by atoms with Crippen LogP contribution in [0.1, 0.15) is 51.3 Å². The summed E-state index contributed by atoms with van der Waals surface area (Å²) >= 11 is 0. The standard InChI is InChI=1S/C16H28N4/c1-15(2,3)14-13(10-18-19-14)11-20-9-6-16(12-20)4-7-17-8-5-16/h10,17H,4-9,11-12H2,1-3H3,(H,18,19). The maximum absolute atomic E-state index is 4.27. The van der Waals surface area contributed by atoms with Crippen molar-refractivity contribution in [3.63, 3.8) is 0 Å². The fourth-order valence-corrected chi connectivity index (χ4v) is 3.85. The minimum Gasteiger partial charge on any atom is -0.317 e. The Hall–Kier alpha value is -0.870. The summed E-state index contributed by atoms with van der Waals surface area (Å²) in [6, 6.07) is 0. The average molecular weight is 276 g/mol. The summed E-state index contributed by atoms with van der Waals surface area (Å²) in [6.45, 7) is 12.7. The van der Waals surface area contributed by atoms with Gasteiger partial charge in [-0.25, -0.2) is 0 Å². The first kappa shape index (κ1) is 14.1. The van der Waals surface area contributed by atoms with Crippen LogP contribution in [0, 0.1) is 5.41 Å². The summed E-state index contributed by atoms with van der Waals surface area (Å²) in [5, 5.41) is 11.0. The molecule has 20 heavy (non-hydrogen) atoms. The summed E-state index contributed by atoms with van der Waals surface area (Å²) in [4.78, 5) is 2.63. The first-order valence-corrected chi connectivity index (χ1v) is 7.94. The topological polar surface area (TPSA) is 44.0 Å². The van der Waals surface area contributed by atoms with Crippen LogP contribution < -0.4 is 5.32 Å². The predicted octanol–water partition coefficient (Wildman–Crippen LogP) is 2.28. The van der Waals surface area contributed by atoms with Gasteiger partial charge in [-0.2, -0.15) is 5.10 Å². The Morgan fingerprint density at radius 3 is 2.70 bits per heavy atom. The molecule has 0 aromatic carbocycles. The van der Waals surface area contributed by atoms with Crippen molar-refractivity contribution >= 4 is 0 Å². The molecule has 1 spiro atoms. The van der Waals surface area contributed by atoms with Gasteiger partial charge in [0.05, 0.1) is 6.20 Å². The van der Waals surface area contributed by atoms with E-state index in [1.54, 1.807) is 0 Å². The van der Waals surface area contributed by atoms with Gasteiger partial charge in [-0.3, -0.25) is 10.00 Å². The Bertz CT molecular complexity index is 451. The Balaban J connectivity index is 1.66. The van der Waals surface area contributed by atoms with Crippen molar-refractivity contribution in [2.45, 2.75) is 52.0 Å². The highest BCUT2D eigenvalue weighted by molar-refractivity contribution is 5.23. The molecule has 0 saturated carbocycles. The fourth-order valence-electron chi connectivity index (χ4n) is 3.85. The van der Waals surface area contributed by atoms with Gasteiger partial charge in [-0.15, -0.1) is 0 Å². The van der Waals surface area contributed by atoms with E-state index in [0.717, 1.165) is 6.54 Å². The number of rotatable bonds is 2. The van der Waals surface area contributed by atoms with E-state index in [1.807, 2.05) is 6.20 Å². The highest BCUT2D eigenvalue weighted by Crippen LogP contribution is 2.39. The van der Waals surface area contributed by atoms with Crippen LogP contribution in [0.3, 0.4) is 0 Å². The molecule has 1 aromatic heterocycles. The molecule has 4 heteroatoms. The molecule has 112 valence electrons. The Morgan fingerprint density at radius 1 is 1.25 bits per heavy atom. The maximum Gasteiger partial charge on any atom is 0.0535 e. The maximum atomic E-state index is 4.27. The summed E-state index contributed by atoms with van der Waals surface area (Å²) in [7, 11) is 0. The van der Waals surface area contributed by atoms with E-state index in [0.29, 0.717) is 5.41 Å². The van der Waals surface area contributed by atoms with Crippen LogP contribution in [-0.4, -0.2) is 41.3 Å². The molecule has 2 aliphatic rings. The third kappa shape index (κ3) is 2.77. The number of hydrogen-bond acceptors (Lipinski definition) is 3. The summed E-state index contributed by atoms with van der Waals surface area (Å²) in [5.41, 5.74) is 3.42. The van der Waals surface area contributed by atoms with Crippen molar-refractivity contribution in [1.82, 2.24) is 20.4 Å². The Kier molecular flexibility index (Phi) is 3.63. The monoisotopic (exact) mass is 276 g/mol. The van der Waals surface area contributed by atoms with Gasteiger partial charge in [0.25, 0.3) is 0 Å². The second-order valence-electron chi connectivity index (χ2n) is 7.73. The van der Waals surface area contributed by atoms with Crippen LogP contribution in [0.5, 0.6) is 0 Å². The van der Waals surface area contributed by atoms with Gasteiger partial charge in [0.15, 0.2) is 0 Å². The number of nitrogens with one attached hydrogen (secondary N) is 2. The van der Waals surface area contributed by atoms with Crippen LogP contribution >= 0.6 is 0 Å². The number of likely N-dealkylation sites (tertiary alicyclic amines) is 1. The minimum atomic E-state index is 0.151. The lowest BCUT2D eigenvalue weighted by molar-refractivity contribution is 0.193. The molecule has 2 fully saturated rings. The minimum absolute atomic E-state index is 0.151. The molecule has 1 aromatic rings.